The third kappa shape index (κ3) is 3.66. The third-order valence-corrected chi connectivity index (χ3v) is 7.70. The lowest BCUT2D eigenvalue weighted by atomic mass is 9.98. The van der Waals surface area contributed by atoms with Crippen molar-refractivity contribution >= 4 is 57.5 Å². The average Bonchev–Trinajstić information content (AvgIpc) is 3.57. The number of aliphatic imine (C=N–C) groups is 2. The Bertz CT molecular complexity index is 1690. The summed E-state index contributed by atoms with van der Waals surface area (Å²) in [5.74, 6) is 2.21. The Balaban J connectivity index is 1.49. The third-order valence-electron chi connectivity index (χ3n) is 6.54. The predicted molar refractivity (Wildman–Crippen MR) is 153 cm³/mol. The van der Waals surface area contributed by atoms with Gasteiger partial charge in [0, 0.05) is 21.2 Å². The first-order chi connectivity index (χ1) is 18.2. The number of fused-ring (bicyclic) bond motifs is 4. The summed E-state index contributed by atoms with van der Waals surface area (Å²) >= 11 is 8.03. The number of benzene rings is 3. The summed E-state index contributed by atoms with van der Waals surface area (Å²) < 4.78 is 1.94. The topological polar surface area (TPSA) is 57.8 Å². The molecular weight excluding hydrogens is 500 g/mol. The summed E-state index contributed by atoms with van der Waals surface area (Å²) in [6.07, 6.45) is 0. The second-order valence-electron chi connectivity index (χ2n) is 8.88. The van der Waals surface area contributed by atoms with Gasteiger partial charge in [-0.05, 0) is 60.8 Å². The maximum absolute atomic E-state index is 6.30. The predicted octanol–water partition coefficient (Wildman–Crippen LogP) is 7.69. The Morgan fingerprint density at radius 3 is 2.54 bits per heavy atom. The SMILES string of the molecule is Cc1nn(-c2ccccc2)c2c1[C@H](c1cccs1)N1C(=N2)C(Nc2cccc(Cl)c2)=Nc2ccccc21. The molecule has 3 aromatic carbocycles. The highest BCUT2D eigenvalue weighted by atomic mass is 35.5. The highest BCUT2D eigenvalue weighted by molar-refractivity contribution is 7.10. The van der Waals surface area contributed by atoms with Crippen molar-refractivity contribution in [3.8, 4) is 5.69 Å². The van der Waals surface area contributed by atoms with Crippen molar-refractivity contribution in [1.82, 2.24) is 9.78 Å². The van der Waals surface area contributed by atoms with E-state index >= 15 is 0 Å². The number of hydrogen-bond acceptors (Lipinski definition) is 6. The molecule has 0 saturated heterocycles. The molecule has 1 N–H and O–H groups in total. The Morgan fingerprint density at radius 2 is 1.73 bits per heavy atom. The van der Waals surface area contributed by atoms with Crippen molar-refractivity contribution in [2.45, 2.75) is 13.0 Å². The van der Waals surface area contributed by atoms with Crippen LogP contribution in [0.1, 0.15) is 22.2 Å². The molecule has 2 aromatic heterocycles. The van der Waals surface area contributed by atoms with Crippen molar-refractivity contribution < 1.29 is 0 Å². The highest BCUT2D eigenvalue weighted by Crippen LogP contribution is 2.49. The van der Waals surface area contributed by atoms with Crippen molar-refractivity contribution in [2.24, 2.45) is 9.98 Å². The van der Waals surface area contributed by atoms with E-state index in [0.717, 1.165) is 45.7 Å². The molecule has 0 spiro atoms. The molecule has 0 saturated carbocycles. The lowest BCUT2D eigenvalue weighted by Gasteiger charge is -2.40. The van der Waals surface area contributed by atoms with Crippen molar-refractivity contribution in [1.29, 1.82) is 0 Å². The molecule has 7 rings (SSSR count). The molecule has 5 aromatic rings. The fraction of sp³-hybridized carbons (Fsp3) is 0.0690. The molecule has 0 bridgehead atoms. The number of nitrogens with zero attached hydrogens (tertiary/aromatic N) is 5. The van der Waals surface area contributed by atoms with Crippen LogP contribution in [0, 0.1) is 6.92 Å². The Morgan fingerprint density at radius 1 is 0.892 bits per heavy atom. The Hall–Kier alpha value is -4.20. The van der Waals surface area contributed by atoms with Crippen LogP contribution in [0.5, 0.6) is 0 Å². The van der Waals surface area contributed by atoms with E-state index in [2.05, 4.69) is 52.9 Å². The molecule has 4 heterocycles. The number of para-hydroxylation sites is 3. The maximum atomic E-state index is 6.30. The molecule has 37 heavy (non-hydrogen) atoms. The van der Waals surface area contributed by atoms with Crippen LogP contribution in [0.3, 0.4) is 0 Å². The minimum atomic E-state index is -0.104. The number of rotatable bonds is 3. The van der Waals surface area contributed by atoms with E-state index in [9.17, 15) is 0 Å². The van der Waals surface area contributed by atoms with Crippen molar-refractivity contribution in [3.05, 3.63) is 118 Å². The van der Waals surface area contributed by atoms with Crippen LogP contribution >= 0.6 is 22.9 Å². The van der Waals surface area contributed by atoms with E-state index in [1.54, 1.807) is 11.3 Å². The largest absolute Gasteiger partial charge is 0.337 e. The van der Waals surface area contributed by atoms with Crippen LogP contribution in [-0.2, 0) is 0 Å². The molecule has 1 atom stereocenters. The number of hydrogen-bond donors (Lipinski definition) is 1. The van der Waals surface area contributed by atoms with Crippen LogP contribution in [0.25, 0.3) is 5.69 Å². The number of aryl methyl sites for hydroxylation is 1. The number of nitrogens with one attached hydrogen (secondary N) is 1. The zero-order valence-electron chi connectivity index (χ0n) is 19.8. The van der Waals surface area contributed by atoms with Gasteiger partial charge in [-0.25, -0.2) is 14.7 Å². The molecule has 0 amide bonds. The Kier molecular flexibility index (Phi) is 5.20. The standard InChI is InChI=1S/C29H21ClN6S/c1-18-25-26(24-15-8-16-37-24)35-23-14-6-5-13-22(23)32-27(31-20-10-7-9-19(30)17-20)29(35)33-28(25)36(34-18)21-11-3-2-4-12-21/h2-17,26H,1H3,(H,31,32)/t26-/m0/s1. The lowest BCUT2D eigenvalue weighted by Crippen LogP contribution is -2.46. The molecule has 0 radical (unpaired) electrons. The van der Waals surface area contributed by atoms with Crippen molar-refractivity contribution in [2.75, 3.05) is 10.2 Å². The fourth-order valence-corrected chi connectivity index (χ4v) is 5.98. The lowest BCUT2D eigenvalue weighted by molar-refractivity contribution is 0.830. The first-order valence-electron chi connectivity index (χ1n) is 11.9. The summed E-state index contributed by atoms with van der Waals surface area (Å²) in [5, 5.41) is 11.2. The van der Waals surface area contributed by atoms with Gasteiger partial charge in [0.15, 0.2) is 17.5 Å². The molecule has 0 fully saturated rings. The van der Waals surface area contributed by atoms with Crippen LogP contribution in [0.4, 0.5) is 22.9 Å². The van der Waals surface area contributed by atoms with Gasteiger partial charge >= 0.3 is 0 Å². The van der Waals surface area contributed by atoms with Gasteiger partial charge in [-0.1, -0.05) is 54.1 Å². The monoisotopic (exact) mass is 520 g/mol. The molecule has 2 aliphatic rings. The Labute approximate surface area is 223 Å². The number of thiophene rings is 1. The summed E-state index contributed by atoms with van der Waals surface area (Å²) in [5.41, 5.74) is 5.74. The zero-order valence-corrected chi connectivity index (χ0v) is 21.4. The molecule has 8 heteroatoms. The van der Waals surface area contributed by atoms with Gasteiger partial charge in [0.25, 0.3) is 0 Å². The van der Waals surface area contributed by atoms with Gasteiger partial charge in [0.05, 0.1) is 22.8 Å². The molecule has 0 unspecified atom stereocenters. The van der Waals surface area contributed by atoms with E-state index < -0.39 is 0 Å². The van der Waals surface area contributed by atoms with Crippen LogP contribution in [0.15, 0.2) is 106 Å². The average molecular weight is 521 g/mol. The van der Waals surface area contributed by atoms with Gasteiger partial charge in [0.2, 0.25) is 0 Å². The van der Waals surface area contributed by atoms with Gasteiger partial charge in [-0.2, -0.15) is 5.10 Å². The van der Waals surface area contributed by atoms with E-state index in [1.165, 1.54) is 4.88 Å². The summed E-state index contributed by atoms with van der Waals surface area (Å²) in [6, 6.07) is 30.1. The van der Waals surface area contributed by atoms with E-state index in [4.69, 9.17) is 26.7 Å². The summed E-state index contributed by atoms with van der Waals surface area (Å²) in [7, 11) is 0. The normalized spacial score (nSPS) is 15.8. The molecule has 180 valence electrons. The smallest absolute Gasteiger partial charge is 0.179 e. The van der Waals surface area contributed by atoms with Gasteiger partial charge in [-0.3, -0.25) is 0 Å². The summed E-state index contributed by atoms with van der Waals surface area (Å²) in [4.78, 5) is 13.8. The number of anilines is 2. The van der Waals surface area contributed by atoms with Gasteiger partial charge < -0.3 is 10.2 Å². The minimum Gasteiger partial charge on any atom is -0.337 e. The van der Waals surface area contributed by atoms with Gasteiger partial charge in [0.1, 0.15) is 6.04 Å². The number of aromatic nitrogens is 2. The second-order valence-corrected chi connectivity index (χ2v) is 10.3. The summed E-state index contributed by atoms with van der Waals surface area (Å²) in [6.45, 7) is 2.06. The van der Waals surface area contributed by atoms with Gasteiger partial charge in [-0.15, -0.1) is 11.3 Å². The van der Waals surface area contributed by atoms with E-state index in [1.807, 2.05) is 65.3 Å². The molecule has 6 nitrogen and oxygen atoms in total. The first-order valence-corrected chi connectivity index (χ1v) is 13.2. The molecular formula is C29H21ClN6S. The first kappa shape index (κ1) is 22.0. The number of amidine groups is 2. The van der Waals surface area contributed by atoms with Crippen LogP contribution in [-0.4, -0.2) is 21.5 Å². The van der Waals surface area contributed by atoms with E-state index in [0.29, 0.717) is 10.9 Å². The highest BCUT2D eigenvalue weighted by Gasteiger charge is 2.41. The second kappa shape index (κ2) is 8.73. The zero-order chi connectivity index (χ0) is 24.9. The van der Waals surface area contributed by atoms with Crippen molar-refractivity contribution in [3.63, 3.8) is 0 Å². The van der Waals surface area contributed by atoms with Crippen LogP contribution < -0.4 is 10.2 Å². The quantitative estimate of drug-likeness (QED) is 0.265. The van der Waals surface area contributed by atoms with E-state index in [-0.39, 0.29) is 6.04 Å². The fourth-order valence-electron chi connectivity index (χ4n) is 4.97. The molecule has 0 aliphatic carbocycles. The minimum absolute atomic E-state index is 0.104. The maximum Gasteiger partial charge on any atom is 0.179 e. The number of halogens is 1. The molecule has 2 aliphatic heterocycles. The van der Waals surface area contributed by atoms with Crippen LogP contribution in [0.2, 0.25) is 5.02 Å².